The summed E-state index contributed by atoms with van der Waals surface area (Å²) < 4.78 is 0. The van der Waals surface area contributed by atoms with Crippen LogP contribution < -0.4 is 5.73 Å². The van der Waals surface area contributed by atoms with Gasteiger partial charge in [-0.05, 0) is 41.9 Å². The molecule has 0 spiro atoms. The molecule has 15 heavy (non-hydrogen) atoms. The Hall–Kier alpha value is -0.0400. The molecule has 3 unspecified atom stereocenters. The Morgan fingerprint density at radius 1 is 1.00 bits per heavy atom. The van der Waals surface area contributed by atoms with E-state index < -0.39 is 0 Å². The van der Waals surface area contributed by atoms with Gasteiger partial charge in [0, 0.05) is 6.04 Å². The van der Waals surface area contributed by atoms with E-state index in [9.17, 15) is 0 Å². The van der Waals surface area contributed by atoms with Crippen LogP contribution in [-0.4, -0.2) is 6.04 Å². The van der Waals surface area contributed by atoms with Crippen molar-refractivity contribution in [2.24, 2.45) is 28.4 Å². The van der Waals surface area contributed by atoms with E-state index in [2.05, 4.69) is 27.7 Å². The molecule has 1 heteroatoms. The van der Waals surface area contributed by atoms with Gasteiger partial charge in [-0.2, -0.15) is 0 Å². The molecule has 0 bridgehead atoms. The van der Waals surface area contributed by atoms with Gasteiger partial charge in [-0.15, -0.1) is 0 Å². The predicted molar refractivity (Wildman–Crippen MR) is 65.6 cm³/mol. The Kier molecular flexibility index (Phi) is 2.65. The van der Waals surface area contributed by atoms with Crippen molar-refractivity contribution in [3.8, 4) is 0 Å². The summed E-state index contributed by atoms with van der Waals surface area (Å²) in [5, 5.41) is 0. The number of hydrogen-bond acceptors (Lipinski definition) is 1. The third-order valence-electron chi connectivity index (χ3n) is 5.80. The van der Waals surface area contributed by atoms with Crippen molar-refractivity contribution in [3.63, 3.8) is 0 Å². The fourth-order valence-corrected chi connectivity index (χ4v) is 4.09. The molecule has 88 valence electrons. The minimum atomic E-state index is 0.412. The van der Waals surface area contributed by atoms with Crippen LogP contribution in [0.4, 0.5) is 0 Å². The van der Waals surface area contributed by atoms with E-state index in [4.69, 9.17) is 5.73 Å². The van der Waals surface area contributed by atoms with Gasteiger partial charge < -0.3 is 5.73 Å². The second kappa shape index (κ2) is 3.48. The van der Waals surface area contributed by atoms with Crippen LogP contribution in [0.25, 0.3) is 0 Å². The second-order valence-electron chi connectivity index (χ2n) is 7.02. The zero-order valence-corrected chi connectivity index (χ0v) is 10.8. The molecule has 2 rings (SSSR count). The number of fused-ring (bicyclic) bond motifs is 1. The van der Waals surface area contributed by atoms with E-state index in [1.165, 1.54) is 32.1 Å². The van der Waals surface area contributed by atoms with Crippen LogP contribution in [0, 0.1) is 22.7 Å². The monoisotopic (exact) mass is 209 g/mol. The lowest BCUT2D eigenvalue weighted by Gasteiger charge is -2.58. The maximum Gasteiger partial charge on any atom is 0.00751 e. The van der Waals surface area contributed by atoms with Gasteiger partial charge in [0.2, 0.25) is 0 Å². The summed E-state index contributed by atoms with van der Waals surface area (Å²) in [5.41, 5.74) is 7.26. The lowest BCUT2D eigenvalue weighted by atomic mass is 9.48. The van der Waals surface area contributed by atoms with Gasteiger partial charge in [0.1, 0.15) is 0 Å². The number of rotatable bonds is 0. The Morgan fingerprint density at radius 2 is 1.67 bits per heavy atom. The van der Waals surface area contributed by atoms with E-state index in [1.54, 1.807) is 0 Å². The average Bonchev–Trinajstić information content (AvgIpc) is 2.12. The fraction of sp³-hybridized carbons (Fsp3) is 1.00. The largest absolute Gasteiger partial charge is 0.327 e. The Labute approximate surface area is 94.8 Å². The summed E-state index contributed by atoms with van der Waals surface area (Å²) >= 11 is 0. The maximum absolute atomic E-state index is 6.39. The van der Waals surface area contributed by atoms with Gasteiger partial charge in [0.05, 0.1) is 0 Å². The molecule has 2 N–H and O–H groups in total. The van der Waals surface area contributed by atoms with Gasteiger partial charge in [0.15, 0.2) is 0 Å². The van der Waals surface area contributed by atoms with Crippen molar-refractivity contribution < 1.29 is 0 Å². The maximum atomic E-state index is 6.39. The lowest BCUT2D eigenvalue weighted by Crippen LogP contribution is -2.55. The molecule has 0 heterocycles. The first-order chi connectivity index (χ1) is 6.86. The van der Waals surface area contributed by atoms with Gasteiger partial charge in [-0.25, -0.2) is 0 Å². The normalized spacial score (nSPS) is 43.4. The molecule has 0 aromatic carbocycles. The number of hydrogen-bond donors (Lipinski definition) is 1. The predicted octanol–water partition coefficient (Wildman–Crippen LogP) is 3.58. The van der Waals surface area contributed by atoms with E-state index in [-0.39, 0.29) is 0 Å². The topological polar surface area (TPSA) is 26.0 Å². The van der Waals surface area contributed by atoms with Gasteiger partial charge in [-0.3, -0.25) is 0 Å². The van der Waals surface area contributed by atoms with Crippen molar-refractivity contribution >= 4 is 0 Å². The SMILES string of the molecule is CC1(C)CCC2CCCC(N)C2C1(C)C. The molecule has 0 aromatic rings. The highest BCUT2D eigenvalue weighted by Crippen LogP contribution is 2.58. The first kappa shape index (κ1) is 11.4. The quantitative estimate of drug-likeness (QED) is 0.648. The van der Waals surface area contributed by atoms with Crippen molar-refractivity contribution in [1.29, 1.82) is 0 Å². The number of nitrogens with two attached hydrogens (primary N) is 1. The summed E-state index contributed by atoms with van der Waals surface area (Å²) in [7, 11) is 0. The molecular formula is C14H27N. The van der Waals surface area contributed by atoms with Gasteiger partial charge in [-0.1, -0.05) is 40.5 Å². The standard InChI is InChI=1S/C14H27N/c1-13(2)9-8-10-6-5-7-11(15)12(10)14(13,3)4/h10-12H,5-9,15H2,1-4H3. The third-order valence-corrected chi connectivity index (χ3v) is 5.80. The van der Waals surface area contributed by atoms with Crippen LogP contribution in [-0.2, 0) is 0 Å². The Morgan fingerprint density at radius 3 is 2.33 bits per heavy atom. The molecule has 2 saturated carbocycles. The molecule has 2 fully saturated rings. The molecule has 0 aliphatic heterocycles. The van der Waals surface area contributed by atoms with Crippen molar-refractivity contribution in [2.45, 2.75) is 65.8 Å². The van der Waals surface area contributed by atoms with Crippen molar-refractivity contribution in [2.75, 3.05) is 0 Å². The summed E-state index contributed by atoms with van der Waals surface area (Å²) in [5.74, 6) is 1.67. The van der Waals surface area contributed by atoms with Crippen molar-refractivity contribution in [1.82, 2.24) is 0 Å². The molecule has 2 aliphatic rings. The van der Waals surface area contributed by atoms with Crippen LogP contribution in [0.5, 0.6) is 0 Å². The highest BCUT2D eigenvalue weighted by molar-refractivity contribution is 5.03. The van der Waals surface area contributed by atoms with Crippen LogP contribution in [0.15, 0.2) is 0 Å². The third kappa shape index (κ3) is 1.63. The summed E-state index contributed by atoms with van der Waals surface area (Å²) in [6.45, 7) is 9.78. The molecule has 3 atom stereocenters. The summed E-state index contributed by atoms with van der Waals surface area (Å²) in [4.78, 5) is 0. The molecule has 0 aromatic heterocycles. The fourth-order valence-electron chi connectivity index (χ4n) is 4.09. The molecular weight excluding hydrogens is 182 g/mol. The van der Waals surface area contributed by atoms with Gasteiger partial charge >= 0.3 is 0 Å². The van der Waals surface area contributed by atoms with Crippen LogP contribution in [0.3, 0.4) is 0 Å². The zero-order chi connectivity index (χ0) is 11.3. The molecule has 0 amide bonds. The Balaban J connectivity index is 2.29. The average molecular weight is 209 g/mol. The van der Waals surface area contributed by atoms with Crippen LogP contribution >= 0.6 is 0 Å². The highest BCUT2D eigenvalue weighted by atomic mass is 14.7. The Bertz CT molecular complexity index is 242. The summed E-state index contributed by atoms with van der Waals surface area (Å²) in [6.07, 6.45) is 6.83. The molecule has 1 nitrogen and oxygen atoms in total. The second-order valence-corrected chi connectivity index (χ2v) is 7.02. The molecule has 0 saturated heterocycles. The first-order valence-corrected chi connectivity index (χ1v) is 6.62. The molecule has 0 radical (unpaired) electrons. The highest BCUT2D eigenvalue weighted by Gasteiger charge is 2.52. The first-order valence-electron chi connectivity index (χ1n) is 6.62. The van der Waals surface area contributed by atoms with Crippen LogP contribution in [0.1, 0.15) is 59.8 Å². The smallest absolute Gasteiger partial charge is 0.00751 e. The lowest BCUT2D eigenvalue weighted by molar-refractivity contribution is -0.0728. The molecule has 2 aliphatic carbocycles. The zero-order valence-electron chi connectivity index (χ0n) is 10.8. The van der Waals surface area contributed by atoms with E-state index in [0.29, 0.717) is 16.9 Å². The van der Waals surface area contributed by atoms with E-state index in [1.807, 2.05) is 0 Å². The van der Waals surface area contributed by atoms with E-state index in [0.717, 1.165) is 11.8 Å². The van der Waals surface area contributed by atoms with Crippen molar-refractivity contribution in [3.05, 3.63) is 0 Å². The van der Waals surface area contributed by atoms with Gasteiger partial charge in [0.25, 0.3) is 0 Å². The van der Waals surface area contributed by atoms with Crippen LogP contribution in [0.2, 0.25) is 0 Å². The minimum absolute atomic E-state index is 0.412. The van der Waals surface area contributed by atoms with E-state index >= 15 is 0 Å². The minimum Gasteiger partial charge on any atom is -0.327 e. The summed E-state index contributed by atoms with van der Waals surface area (Å²) in [6, 6.07) is 0.457.